The predicted octanol–water partition coefficient (Wildman–Crippen LogP) is 0.785. The maximum Gasteiger partial charge on any atom is 0.146 e. The van der Waals surface area contributed by atoms with Crippen molar-refractivity contribution in [1.29, 1.82) is 0 Å². The molecule has 0 radical (unpaired) electrons. The van der Waals surface area contributed by atoms with Crippen LogP contribution in [0.25, 0.3) is 22.2 Å². The van der Waals surface area contributed by atoms with Crippen molar-refractivity contribution in [2.75, 3.05) is 12.3 Å². The van der Waals surface area contributed by atoms with Crippen molar-refractivity contribution in [3.05, 3.63) is 42.9 Å². The average molecular weight is 328 g/mol. The highest BCUT2D eigenvalue weighted by Gasteiger charge is 2.18. The first kappa shape index (κ1) is 16.4. The largest absolute Gasteiger partial charge is 0.394 e. The summed E-state index contributed by atoms with van der Waals surface area (Å²) >= 11 is 0. The van der Waals surface area contributed by atoms with Crippen molar-refractivity contribution in [2.45, 2.75) is 25.2 Å². The molecule has 2 atom stereocenters. The third-order valence-corrected chi connectivity index (χ3v) is 4.06. The molecule has 0 aliphatic carbocycles. The molecular weight excluding hydrogens is 308 g/mol. The van der Waals surface area contributed by atoms with E-state index in [0.29, 0.717) is 18.0 Å². The van der Waals surface area contributed by atoms with E-state index in [1.54, 1.807) is 0 Å². The number of rotatable bonds is 6. The van der Waals surface area contributed by atoms with E-state index in [1.807, 2.05) is 41.1 Å². The molecule has 7 nitrogen and oxygen atoms in total. The Bertz CT molecular complexity index is 819. The molecule has 0 fully saturated rings. The Morgan fingerprint density at radius 3 is 2.54 bits per heavy atom. The summed E-state index contributed by atoms with van der Waals surface area (Å²) in [5.74, 6) is 0.397. The van der Waals surface area contributed by atoms with Crippen LogP contribution in [-0.4, -0.2) is 48.7 Å². The zero-order valence-corrected chi connectivity index (χ0v) is 13.1. The summed E-state index contributed by atoms with van der Waals surface area (Å²) in [6, 6.07) is 9.79. The highest BCUT2D eigenvalue weighted by Crippen LogP contribution is 2.32. The molecule has 126 valence electrons. The number of hydrogen-bond donors (Lipinski definition) is 4. The topological polar surface area (TPSA) is 117 Å². The number of nitrogens with zero attached hydrogens (tertiary/aromatic N) is 3. The van der Waals surface area contributed by atoms with Gasteiger partial charge in [-0.15, -0.1) is 0 Å². The van der Waals surface area contributed by atoms with Crippen LogP contribution in [0.1, 0.15) is 6.42 Å². The molecule has 1 aromatic carbocycles. The van der Waals surface area contributed by atoms with Crippen LogP contribution >= 0.6 is 0 Å². The third-order valence-electron chi connectivity index (χ3n) is 4.06. The van der Waals surface area contributed by atoms with Crippen LogP contribution in [0.5, 0.6) is 0 Å². The lowest BCUT2D eigenvalue weighted by Crippen LogP contribution is -2.30. The van der Waals surface area contributed by atoms with Gasteiger partial charge < -0.3 is 25.6 Å². The molecule has 2 unspecified atom stereocenters. The second-order valence-electron chi connectivity index (χ2n) is 5.67. The van der Waals surface area contributed by atoms with Gasteiger partial charge in [0.15, 0.2) is 0 Å². The molecule has 2 heterocycles. The molecule has 0 spiro atoms. The first-order valence-electron chi connectivity index (χ1n) is 7.73. The number of aryl methyl sites for hydroxylation is 1. The van der Waals surface area contributed by atoms with Crippen molar-refractivity contribution in [3.63, 3.8) is 0 Å². The summed E-state index contributed by atoms with van der Waals surface area (Å²) < 4.78 is 1.88. The minimum Gasteiger partial charge on any atom is -0.394 e. The molecular formula is C17H20N4O3. The second kappa shape index (κ2) is 6.96. The van der Waals surface area contributed by atoms with Crippen LogP contribution < -0.4 is 5.73 Å². The van der Waals surface area contributed by atoms with Crippen LogP contribution in [0, 0.1) is 0 Å². The fourth-order valence-electron chi connectivity index (χ4n) is 2.74. The number of fused-ring (bicyclic) bond motifs is 1. The highest BCUT2D eigenvalue weighted by atomic mass is 16.4. The Morgan fingerprint density at radius 2 is 1.83 bits per heavy atom. The molecule has 0 aliphatic rings. The quantitative estimate of drug-likeness (QED) is 0.531. The fraction of sp³-hybridized carbons (Fsp3) is 0.294. The first-order chi connectivity index (χ1) is 11.6. The van der Waals surface area contributed by atoms with Crippen LogP contribution in [-0.2, 0) is 6.54 Å². The van der Waals surface area contributed by atoms with Crippen LogP contribution in [0.2, 0.25) is 0 Å². The van der Waals surface area contributed by atoms with Crippen molar-refractivity contribution in [1.82, 2.24) is 14.5 Å². The predicted molar refractivity (Wildman–Crippen MR) is 91.1 cm³/mol. The molecule has 24 heavy (non-hydrogen) atoms. The Balaban J connectivity index is 1.99. The van der Waals surface area contributed by atoms with Gasteiger partial charge in [-0.1, -0.05) is 30.3 Å². The summed E-state index contributed by atoms with van der Waals surface area (Å²) in [6.45, 7) is -0.0456. The number of nitrogens with two attached hydrogens (primary N) is 1. The van der Waals surface area contributed by atoms with Gasteiger partial charge in [-0.25, -0.2) is 9.97 Å². The van der Waals surface area contributed by atoms with Crippen LogP contribution in [0.15, 0.2) is 42.9 Å². The molecule has 0 saturated carbocycles. The average Bonchev–Trinajstić information content (AvgIpc) is 3.00. The standard InChI is InChI=1S/C17H20N4O3/c18-16-15-12(11-4-2-1-3-5-11)8-21(17(15)20-10-19-16)7-6-13(23)14(24)9-22/h1-5,8,10,13-14,22-24H,6-7,9H2,(H2,18,19,20). The van der Waals surface area contributed by atoms with Crippen LogP contribution in [0.3, 0.4) is 0 Å². The van der Waals surface area contributed by atoms with Gasteiger partial charge in [0.2, 0.25) is 0 Å². The number of benzene rings is 1. The van der Waals surface area contributed by atoms with E-state index < -0.39 is 18.8 Å². The van der Waals surface area contributed by atoms with E-state index >= 15 is 0 Å². The summed E-state index contributed by atoms with van der Waals surface area (Å²) in [5.41, 5.74) is 8.64. The van der Waals surface area contributed by atoms with Gasteiger partial charge in [0.1, 0.15) is 23.9 Å². The van der Waals surface area contributed by atoms with Crippen molar-refractivity contribution in [2.24, 2.45) is 0 Å². The normalized spacial score (nSPS) is 14.0. The van der Waals surface area contributed by atoms with Gasteiger partial charge in [0, 0.05) is 18.3 Å². The molecule has 3 aromatic rings. The van der Waals surface area contributed by atoms with Gasteiger partial charge in [-0.3, -0.25) is 0 Å². The van der Waals surface area contributed by atoms with Gasteiger partial charge in [-0.2, -0.15) is 0 Å². The minimum atomic E-state index is -1.15. The molecule has 0 saturated heterocycles. The van der Waals surface area contributed by atoms with E-state index in [4.69, 9.17) is 10.8 Å². The zero-order valence-electron chi connectivity index (χ0n) is 13.1. The number of anilines is 1. The lowest BCUT2D eigenvalue weighted by molar-refractivity contribution is -0.0191. The summed E-state index contributed by atoms with van der Waals surface area (Å²) in [5, 5.41) is 29.0. The fourth-order valence-corrected chi connectivity index (χ4v) is 2.74. The highest BCUT2D eigenvalue weighted by molar-refractivity contribution is 6.00. The molecule has 2 aromatic heterocycles. The number of aliphatic hydroxyl groups is 3. The number of nitrogen functional groups attached to an aromatic ring is 1. The van der Waals surface area contributed by atoms with E-state index in [-0.39, 0.29) is 6.42 Å². The van der Waals surface area contributed by atoms with Gasteiger partial charge in [-0.05, 0) is 12.0 Å². The molecule has 0 bridgehead atoms. The van der Waals surface area contributed by atoms with Gasteiger partial charge in [0.25, 0.3) is 0 Å². The Kier molecular flexibility index (Phi) is 4.75. The second-order valence-corrected chi connectivity index (χ2v) is 5.67. The van der Waals surface area contributed by atoms with E-state index in [2.05, 4.69) is 9.97 Å². The summed E-state index contributed by atoms with van der Waals surface area (Å²) in [4.78, 5) is 8.38. The Hall–Kier alpha value is -2.48. The monoisotopic (exact) mass is 328 g/mol. The lowest BCUT2D eigenvalue weighted by atomic mass is 10.1. The smallest absolute Gasteiger partial charge is 0.146 e. The molecule has 0 amide bonds. The van der Waals surface area contributed by atoms with Crippen LogP contribution in [0.4, 0.5) is 5.82 Å². The molecule has 0 aliphatic heterocycles. The summed E-state index contributed by atoms with van der Waals surface area (Å²) in [6.07, 6.45) is 1.45. The van der Waals surface area contributed by atoms with Crippen molar-refractivity contribution >= 4 is 16.9 Å². The van der Waals surface area contributed by atoms with Crippen molar-refractivity contribution in [3.8, 4) is 11.1 Å². The van der Waals surface area contributed by atoms with Gasteiger partial charge in [0.05, 0.1) is 18.1 Å². The van der Waals surface area contributed by atoms with Gasteiger partial charge >= 0.3 is 0 Å². The van der Waals surface area contributed by atoms with E-state index in [9.17, 15) is 10.2 Å². The Labute approximate surface area is 139 Å². The van der Waals surface area contributed by atoms with Crippen molar-refractivity contribution < 1.29 is 15.3 Å². The number of hydrogen-bond acceptors (Lipinski definition) is 6. The van der Waals surface area contributed by atoms with E-state index in [1.165, 1.54) is 6.33 Å². The lowest BCUT2D eigenvalue weighted by Gasteiger charge is -2.15. The number of aliphatic hydroxyl groups excluding tert-OH is 3. The zero-order chi connectivity index (χ0) is 17.1. The Morgan fingerprint density at radius 1 is 1.08 bits per heavy atom. The minimum absolute atomic E-state index is 0.281. The molecule has 5 N–H and O–H groups in total. The molecule has 3 rings (SSSR count). The SMILES string of the molecule is Nc1ncnc2c1c(-c1ccccc1)cn2CCC(O)C(O)CO. The van der Waals surface area contributed by atoms with E-state index in [0.717, 1.165) is 16.5 Å². The maximum atomic E-state index is 9.85. The molecule has 7 heteroatoms. The summed E-state index contributed by atoms with van der Waals surface area (Å²) in [7, 11) is 0. The number of aromatic nitrogens is 3. The first-order valence-corrected chi connectivity index (χ1v) is 7.73. The maximum absolute atomic E-state index is 9.85. The third kappa shape index (κ3) is 3.09.